The van der Waals surface area contributed by atoms with E-state index in [0.29, 0.717) is 5.96 Å². The van der Waals surface area contributed by atoms with E-state index in [2.05, 4.69) is 54.6 Å². The second-order valence-corrected chi connectivity index (χ2v) is 8.53. The topological polar surface area (TPSA) is 41.6 Å². The predicted octanol–water partition coefficient (Wildman–Crippen LogP) is 6.07. The van der Waals surface area contributed by atoms with E-state index in [9.17, 15) is 0 Å². The Labute approximate surface area is 173 Å². The fraction of sp³-hybridized carbons (Fsp3) is 0.346. The van der Waals surface area contributed by atoms with Gasteiger partial charge in [0.05, 0.1) is 5.69 Å². The van der Waals surface area contributed by atoms with Crippen LogP contribution in [0.5, 0.6) is 0 Å². The van der Waals surface area contributed by atoms with Crippen molar-refractivity contribution in [3.05, 3.63) is 71.3 Å². The summed E-state index contributed by atoms with van der Waals surface area (Å²) in [5.41, 5.74) is 12.8. The van der Waals surface area contributed by atoms with E-state index in [1.807, 2.05) is 11.9 Å². The monoisotopic (exact) mass is 383 g/mol. The van der Waals surface area contributed by atoms with Crippen LogP contribution in [0.1, 0.15) is 54.7 Å². The van der Waals surface area contributed by atoms with Crippen LogP contribution in [0.4, 0.5) is 11.4 Å². The van der Waals surface area contributed by atoms with Gasteiger partial charge in [0.25, 0.3) is 0 Å². The van der Waals surface area contributed by atoms with Gasteiger partial charge in [-0.2, -0.15) is 0 Å². The molecule has 0 atom stereocenters. The molecule has 3 heteroatoms. The first kappa shape index (κ1) is 18.2. The van der Waals surface area contributed by atoms with E-state index in [0.717, 1.165) is 24.4 Å². The van der Waals surface area contributed by atoms with Gasteiger partial charge in [0.2, 0.25) is 5.96 Å². The molecule has 0 bridgehead atoms. The van der Waals surface area contributed by atoms with Gasteiger partial charge in [0.1, 0.15) is 0 Å². The highest BCUT2D eigenvalue weighted by atomic mass is 15.2. The molecule has 2 aliphatic carbocycles. The first-order valence-electron chi connectivity index (χ1n) is 10.9. The summed E-state index contributed by atoms with van der Waals surface area (Å²) in [5, 5.41) is 2.72. The molecular weight excluding hydrogens is 354 g/mol. The minimum absolute atomic E-state index is 0.537. The van der Waals surface area contributed by atoms with E-state index in [4.69, 9.17) is 10.7 Å². The van der Waals surface area contributed by atoms with Gasteiger partial charge in [-0.1, -0.05) is 55.7 Å². The fourth-order valence-corrected chi connectivity index (χ4v) is 5.15. The number of nitrogens with zero attached hydrogens (tertiary/aromatic N) is 2. The van der Waals surface area contributed by atoms with Gasteiger partial charge in [-0.15, -0.1) is 0 Å². The molecule has 2 aliphatic rings. The predicted molar refractivity (Wildman–Crippen MR) is 123 cm³/mol. The Morgan fingerprint density at radius 3 is 2.52 bits per heavy atom. The second-order valence-electron chi connectivity index (χ2n) is 8.53. The lowest BCUT2D eigenvalue weighted by Gasteiger charge is -2.22. The standard InChI is InChI=1S/C26H29N3/c1-29(24-17-13-21-9-5-8-20-12-16-23(24)25(20)21)26(27)28-22-14-10-19(11-15-22)18-6-3-2-4-7-18/h5,8-11,13-15,17-18H,2-4,6-7,12,16H2,1H3,(H2,27,28). The van der Waals surface area contributed by atoms with Crippen LogP contribution in [0, 0.1) is 0 Å². The van der Waals surface area contributed by atoms with Crippen LogP contribution in [0.15, 0.2) is 59.6 Å². The van der Waals surface area contributed by atoms with Crippen molar-refractivity contribution in [1.29, 1.82) is 0 Å². The van der Waals surface area contributed by atoms with Crippen LogP contribution in [-0.4, -0.2) is 13.0 Å². The summed E-state index contributed by atoms with van der Waals surface area (Å²) in [7, 11) is 2.02. The van der Waals surface area contributed by atoms with Crippen LogP contribution in [0.2, 0.25) is 0 Å². The van der Waals surface area contributed by atoms with Crippen LogP contribution in [0.3, 0.4) is 0 Å². The van der Waals surface area contributed by atoms with Gasteiger partial charge in [0, 0.05) is 12.7 Å². The molecule has 3 aromatic carbocycles. The third kappa shape index (κ3) is 3.39. The van der Waals surface area contributed by atoms with Crippen molar-refractivity contribution in [3.8, 4) is 0 Å². The van der Waals surface area contributed by atoms with Gasteiger partial charge in [-0.05, 0) is 77.3 Å². The van der Waals surface area contributed by atoms with Gasteiger partial charge in [-0.25, -0.2) is 4.99 Å². The smallest absolute Gasteiger partial charge is 0.200 e. The molecule has 0 radical (unpaired) electrons. The molecule has 0 aliphatic heterocycles. The lowest BCUT2D eigenvalue weighted by molar-refractivity contribution is 0.443. The average Bonchev–Trinajstić information content (AvgIpc) is 3.21. The molecular formula is C26H29N3. The van der Waals surface area contributed by atoms with E-state index >= 15 is 0 Å². The van der Waals surface area contributed by atoms with E-state index in [1.165, 1.54) is 65.3 Å². The third-order valence-electron chi connectivity index (χ3n) is 6.78. The molecule has 0 aromatic heterocycles. The molecule has 0 unspecified atom stereocenters. The van der Waals surface area contributed by atoms with Crippen LogP contribution in [0.25, 0.3) is 10.8 Å². The maximum atomic E-state index is 6.42. The molecule has 29 heavy (non-hydrogen) atoms. The minimum Gasteiger partial charge on any atom is -0.369 e. The molecule has 3 nitrogen and oxygen atoms in total. The second kappa shape index (κ2) is 7.55. The maximum Gasteiger partial charge on any atom is 0.200 e. The Morgan fingerprint density at radius 2 is 1.72 bits per heavy atom. The average molecular weight is 384 g/mol. The highest BCUT2D eigenvalue weighted by Gasteiger charge is 2.20. The number of anilines is 1. The van der Waals surface area contributed by atoms with E-state index in [-0.39, 0.29) is 0 Å². The molecule has 1 saturated carbocycles. The number of rotatable bonds is 3. The van der Waals surface area contributed by atoms with Crippen LogP contribution >= 0.6 is 0 Å². The summed E-state index contributed by atoms with van der Waals surface area (Å²) in [6.07, 6.45) is 8.92. The highest BCUT2D eigenvalue weighted by Crippen LogP contribution is 2.37. The Morgan fingerprint density at radius 1 is 0.931 bits per heavy atom. The van der Waals surface area contributed by atoms with E-state index in [1.54, 1.807) is 0 Å². The van der Waals surface area contributed by atoms with Crippen molar-refractivity contribution in [2.45, 2.75) is 50.9 Å². The molecule has 0 amide bonds. The Balaban J connectivity index is 1.40. The van der Waals surface area contributed by atoms with Crippen molar-refractivity contribution in [1.82, 2.24) is 0 Å². The molecule has 1 fully saturated rings. The number of aryl methyl sites for hydroxylation is 2. The zero-order chi connectivity index (χ0) is 19.8. The first-order valence-corrected chi connectivity index (χ1v) is 10.9. The Hall–Kier alpha value is -2.81. The number of benzene rings is 3. The largest absolute Gasteiger partial charge is 0.369 e. The lowest BCUT2D eigenvalue weighted by Crippen LogP contribution is -2.34. The van der Waals surface area contributed by atoms with Crippen molar-refractivity contribution < 1.29 is 0 Å². The van der Waals surface area contributed by atoms with Gasteiger partial charge >= 0.3 is 0 Å². The SMILES string of the molecule is CN(C(N)=Nc1ccc(C2CCCCC2)cc1)c1ccc2cccc3c2c1CC3. The molecule has 0 heterocycles. The third-order valence-corrected chi connectivity index (χ3v) is 6.78. The Bertz CT molecular complexity index is 1060. The zero-order valence-electron chi connectivity index (χ0n) is 17.2. The zero-order valence-corrected chi connectivity index (χ0v) is 17.2. The van der Waals surface area contributed by atoms with Gasteiger partial charge in [-0.3, -0.25) is 0 Å². The number of aliphatic imine (C=N–C) groups is 1. The number of guanidine groups is 1. The highest BCUT2D eigenvalue weighted by molar-refractivity contribution is 6.02. The molecule has 0 spiro atoms. The fourth-order valence-electron chi connectivity index (χ4n) is 5.15. The van der Waals surface area contributed by atoms with E-state index < -0.39 is 0 Å². The summed E-state index contributed by atoms with van der Waals surface area (Å²) < 4.78 is 0. The van der Waals surface area contributed by atoms with Crippen molar-refractivity contribution in [3.63, 3.8) is 0 Å². The molecule has 2 N–H and O–H groups in total. The van der Waals surface area contributed by atoms with Gasteiger partial charge in [0.15, 0.2) is 0 Å². The summed E-state index contributed by atoms with van der Waals surface area (Å²) >= 11 is 0. The summed E-state index contributed by atoms with van der Waals surface area (Å²) in [6.45, 7) is 0. The molecule has 0 saturated heterocycles. The summed E-state index contributed by atoms with van der Waals surface area (Å²) in [4.78, 5) is 6.75. The summed E-state index contributed by atoms with van der Waals surface area (Å²) in [5.74, 6) is 1.26. The Kier molecular flexibility index (Phi) is 4.75. The van der Waals surface area contributed by atoms with Crippen molar-refractivity contribution in [2.24, 2.45) is 10.7 Å². The number of nitrogens with two attached hydrogens (primary N) is 1. The maximum absolute atomic E-state index is 6.42. The summed E-state index contributed by atoms with van der Waals surface area (Å²) in [6, 6.07) is 19.7. The quantitative estimate of drug-likeness (QED) is 0.440. The molecule has 5 rings (SSSR count). The molecule has 3 aromatic rings. The normalized spacial score (nSPS) is 17.1. The first-order chi connectivity index (χ1) is 14.2. The van der Waals surface area contributed by atoms with Crippen molar-refractivity contribution in [2.75, 3.05) is 11.9 Å². The lowest BCUT2D eigenvalue weighted by atomic mass is 9.84. The minimum atomic E-state index is 0.537. The van der Waals surface area contributed by atoms with Crippen molar-refractivity contribution >= 4 is 28.1 Å². The van der Waals surface area contributed by atoms with Crippen LogP contribution < -0.4 is 10.6 Å². The molecule has 148 valence electrons. The number of hydrogen-bond donors (Lipinski definition) is 1. The van der Waals surface area contributed by atoms with Crippen LogP contribution in [-0.2, 0) is 12.8 Å². The number of hydrogen-bond acceptors (Lipinski definition) is 1. The van der Waals surface area contributed by atoms with Gasteiger partial charge < -0.3 is 10.6 Å².